The second kappa shape index (κ2) is 15.6. The summed E-state index contributed by atoms with van der Waals surface area (Å²) in [6.07, 6.45) is 0. The third-order valence-corrected chi connectivity index (χ3v) is 16.4. The van der Waals surface area contributed by atoms with Crippen LogP contribution in [0.25, 0.3) is 0 Å². The van der Waals surface area contributed by atoms with Crippen LogP contribution in [0.2, 0.25) is 0 Å². The van der Waals surface area contributed by atoms with Crippen LogP contribution in [0, 0.1) is 0 Å². The van der Waals surface area contributed by atoms with E-state index in [2.05, 4.69) is 4.18 Å². The zero-order valence-corrected chi connectivity index (χ0v) is 25.7. The maximum absolute atomic E-state index is 14.4. The molecule has 14 nitrogen and oxygen atoms in total. The van der Waals surface area contributed by atoms with Crippen LogP contribution in [0.1, 0.15) is 41.5 Å². The van der Waals surface area contributed by atoms with Crippen LogP contribution in [0.5, 0.6) is 0 Å². The first-order valence-electron chi connectivity index (χ1n) is 10.9. The third kappa shape index (κ3) is 8.92. The van der Waals surface area contributed by atoms with Crippen LogP contribution in [0.3, 0.4) is 0 Å². The van der Waals surface area contributed by atoms with Gasteiger partial charge in [-0.25, -0.2) is 8.42 Å². The highest BCUT2D eigenvalue weighted by Crippen LogP contribution is 2.92. The highest BCUT2D eigenvalue weighted by Gasteiger charge is 2.85. The lowest BCUT2D eigenvalue weighted by molar-refractivity contribution is -0.883. The molecule has 0 aliphatic heterocycles. The number of hydrogen-bond acceptors (Lipinski definition) is 13. The molecule has 0 unspecified atom stereocenters. The molecule has 0 N–H and O–H groups in total. The van der Waals surface area contributed by atoms with Gasteiger partial charge in [-0.2, -0.15) is 0 Å². The summed E-state index contributed by atoms with van der Waals surface area (Å²) in [7, 11) is -12.4. The smallest absolute Gasteiger partial charge is 0.416 e. The summed E-state index contributed by atoms with van der Waals surface area (Å²) in [5.74, 6) is 0. The molecule has 0 rings (SSSR count). The number of hydrogen-bond donors (Lipinski definition) is 0. The lowest BCUT2D eigenvalue weighted by Gasteiger charge is -2.50. The van der Waals surface area contributed by atoms with Crippen molar-refractivity contribution in [2.75, 3.05) is 67.9 Å². The Kier molecular flexibility index (Phi) is 16.7. The van der Waals surface area contributed by atoms with Gasteiger partial charge in [-0.15, -0.1) is 0 Å². The molecule has 214 valence electrons. The van der Waals surface area contributed by atoms with Gasteiger partial charge in [-0.3, -0.25) is 22.4 Å². The van der Waals surface area contributed by atoms with Gasteiger partial charge in [0.15, 0.2) is 0 Å². The quantitative estimate of drug-likeness (QED) is 0.102. The van der Waals surface area contributed by atoms with E-state index in [0.29, 0.717) is 0 Å². The van der Waals surface area contributed by atoms with Gasteiger partial charge in [0.1, 0.15) is 0 Å². The standard InChI is InChI=1S/C16H39NO9P3.CH4O4S/c1-10-21-27(18,22-11-2)16(17(7,8)9,28(19,23-12-3)24-13-4)29(20,25-14-5)26-15-6;1-5-6(2,3)4/h10-15H2,1-9H3;1H3,(H,2,3,4)/q+1;/p-1. The Morgan fingerprint density at radius 3 is 0.886 bits per heavy atom. The van der Waals surface area contributed by atoms with Crippen LogP contribution >= 0.6 is 22.8 Å². The van der Waals surface area contributed by atoms with Gasteiger partial charge < -0.3 is 31.7 Å². The molecule has 0 saturated heterocycles. The molecule has 0 aliphatic rings. The largest absolute Gasteiger partial charge is 0.726 e. The lowest BCUT2D eigenvalue weighted by atomic mass is 10.7. The summed E-state index contributed by atoms with van der Waals surface area (Å²) in [6, 6.07) is 0. The molecule has 0 aromatic rings. The van der Waals surface area contributed by atoms with Gasteiger partial charge in [-0.1, -0.05) is 0 Å². The van der Waals surface area contributed by atoms with Gasteiger partial charge in [0, 0.05) is 0 Å². The maximum atomic E-state index is 14.4. The van der Waals surface area contributed by atoms with Gasteiger partial charge in [0.05, 0.1) is 67.9 Å². The minimum Gasteiger partial charge on any atom is -0.726 e. The van der Waals surface area contributed by atoms with Crippen molar-refractivity contribution in [3.63, 3.8) is 0 Å². The molecule has 0 aromatic carbocycles. The fraction of sp³-hybridized carbons (Fsp3) is 1.00. The molecule has 0 spiro atoms. The van der Waals surface area contributed by atoms with E-state index in [0.717, 1.165) is 7.11 Å². The zero-order chi connectivity index (χ0) is 28.2. The summed E-state index contributed by atoms with van der Waals surface area (Å²) in [6.45, 7) is 9.25. The molecular formula is C17H42NO13P3S. The summed E-state index contributed by atoms with van der Waals surface area (Å²) >= 11 is 0. The molecule has 0 saturated carbocycles. The molecule has 0 atom stereocenters. The molecular weight excluding hydrogens is 551 g/mol. The predicted octanol–water partition coefficient (Wildman–Crippen LogP) is 4.20. The normalized spacial score (nSPS) is 13.9. The average molecular weight is 594 g/mol. The van der Waals surface area contributed by atoms with Crippen molar-refractivity contribution in [1.29, 1.82) is 0 Å². The SMILES string of the molecule is CCOP(=O)(OCC)C([N+](C)(C)C)(P(=O)(OCC)OCC)P(=O)(OCC)OCC.COS(=O)(=O)[O-]. The first-order valence-corrected chi connectivity index (χ1v) is 16.9. The Balaban J connectivity index is 0. The van der Waals surface area contributed by atoms with Crippen LogP contribution in [0.15, 0.2) is 0 Å². The zero-order valence-electron chi connectivity index (χ0n) is 22.2. The van der Waals surface area contributed by atoms with Crippen molar-refractivity contribution in [2.45, 2.75) is 46.3 Å². The molecule has 0 bridgehead atoms. The predicted molar refractivity (Wildman–Crippen MR) is 130 cm³/mol. The topological polar surface area (TPSA) is 173 Å². The van der Waals surface area contributed by atoms with Gasteiger partial charge in [0.25, 0.3) is 0 Å². The summed E-state index contributed by atoms with van der Waals surface area (Å²) < 4.78 is 105. The highest BCUT2D eigenvalue weighted by atomic mass is 32.3. The fourth-order valence-electron chi connectivity index (χ4n) is 3.20. The van der Waals surface area contributed by atoms with Crippen molar-refractivity contribution in [2.24, 2.45) is 0 Å². The molecule has 0 amide bonds. The lowest BCUT2D eigenvalue weighted by Crippen LogP contribution is -2.57. The summed E-state index contributed by atoms with van der Waals surface area (Å²) in [5.41, 5.74) is 0. The van der Waals surface area contributed by atoms with Gasteiger partial charge >= 0.3 is 27.5 Å². The molecule has 0 heterocycles. The number of rotatable bonds is 17. The number of quaternary nitrogens is 1. The van der Waals surface area contributed by atoms with E-state index in [1.165, 1.54) is 0 Å². The molecule has 0 fully saturated rings. The van der Waals surface area contributed by atoms with E-state index in [-0.39, 0.29) is 39.6 Å². The van der Waals surface area contributed by atoms with E-state index in [9.17, 15) is 26.7 Å². The van der Waals surface area contributed by atoms with E-state index >= 15 is 0 Å². The Morgan fingerprint density at radius 2 is 0.800 bits per heavy atom. The van der Waals surface area contributed by atoms with Crippen LogP contribution < -0.4 is 0 Å². The number of nitrogens with zero attached hydrogens (tertiary/aromatic N) is 1. The van der Waals surface area contributed by atoms with Gasteiger partial charge in [0.2, 0.25) is 10.4 Å². The Hall–Kier alpha value is 0.280. The second-order valence-corrected chi connectivity index (χ2v) is 15.9. The summed E-state index contributed by atoms with van der Waals surface area (Å²) in [4.78, 5) is 0. The fourth-order valence-corrected chi connectivity index (χ4v) is 14.4. The van der Waals surface area contributed by atoms with Crippen LogP contribution in [-0.4, -0.2) is 90.1 Å². The molecule has 35 heavy (non-hydrogen) atoms. The molecule has 18 heteroatoms. The minimum atomic E-state index is -4.50. The molecule has 0 aliphatic carbocycles. The third-order valence-electron chi connectivity index (χ3n) is 4.00. The highest BCUT2D eigenvalue weighted by molar-refractivity contribution is 7.90. The van der Waals surface area contributed by atoms with Crippen LogP contribution in [0.4, 0.5) is 0 Å². The molecule has 0 radical (unpaired) electrons. The van der Waals surface area contributed by atoms with Gasteiger partial charge in [-0.05, 0) is 41.5 Å². The average Bonchev–Trinajstić information content (AvgIpc) is 2.68. The van der Waals surface area contributed by atoms with Crippen molar-refractivity contribution in [3.8, 4) is 0 Å². The maximum Gasteiger partial charge on any atom is 0.416 e. The summed E-state index contributed by atoms with van der Waals surface area (Å²) in [5, 5.41) is 0. The van der Waals surface area contributed by atoms with E-state index in [1.54, 1.807) is 62.7 Å². The monoisotopic (exact) mass is 593 g/mol. The minimum absolute atomic E-state index is 0.0600. The van der Waals surface area contributed by atoms with E-state index < -0.39 is 42.4 Å². The Labute approximate surface area is 210 Å². The Morgan fingerprint density at radius 1 is 0.629 bits per heavy atom. The Bertz CT molecular complexity index is 756. The molecule has 0 aromatic heterocycles. The van der Waals surface area contributed by atoms with Crippen molar-refractivity contribution in [1.82, 2.24) is 0 Å². The van der Waals surface area contributed by atoms with E-state index in [1.807, 2.05) is 0 Å². The second-order valence-electron chi connectivity index (χ2n) is 7.19. The van der Waals surface area contributed by atoms with Crippen molar-refractivity contribution < 1.29 is 62.5 Å². The first kappa shape index (κ1) is 37.4. The van der Waals surface area contributed by atoms with Crippen molar-refractivity contribution >= 4 is 33.2 Å². The van der Waals surface area contributed by atoms with Crippen LogP contribution in [-0.2, 0) is 55.4 Å². The van der Waals surface area contributed by atoms with Crippen molar-refractivity contribution in [3.05, 3.63) is 0 Å². The first-order chi connectivity index (χ1) is 15.9. The van der Waals surface area contributed by atoms with E-state index in [4.69, 9.17) is 27.1 Å².